The average molecular weight is 549 g/mol. The lowest BCUT2D eigenvalue weighted by atomic mass is 10.1. The molecule has 8 heteroatoms. The summed E-state index contributed by atoms with van der Waals surface area (Å²) in [6.45, 7) is 5.15. The fourth-order valence-electron chi connectivity index (χ4n) is 3.47. The highest BCUT2D eigenvalue weighted by atomic mass is 127. The number of amides is 2. The van der Waals surface area contributed by atoms with Gasteiger partial charge >= 0.3 is 0 Å². The minimum absolute atomic E-state index is 0. The Hall–Kier alpha value is -2.62. The van der Waals surface area contributed by atoms with E-state index in [4.69, 9.17) is 0 Å². The molecule has 32 heavy (non-hydrogen) atoms. The number of nitrogens with zero attached hydrogens (tertiary/aromatic N) is 2. The van der Waals surface area contributed by atoms with E-state index in [0.29, 0.717) is 31.0 Å². The highest BCUT2D eigenvalue weighted by Gasteiger charge is 2.31. The van der Waals surface area contributed by atoms with Gasteiger partial charge in [0.25, 0.3) is 5.91 Å². The van der Waals surface area contributed by atoms with Crippen LogP contribution in [-0.2, 0) is 11.3 Å². The molecule has 1 aliphatic heterocycles. The first kappa shape index (κ1) is 25.6. The van der Waals surface area contributed by atoms with E-state index in [1.807, 2.05) is 68.4 Å². The van der Waals surface area contributed by atoms with E-state index >= 15 is 0 Å². The van der Waals surface area contributed by atoms with Gasteiger partial charge in [0, 0.05) is 43.9 Å². The molecule has 2 unspecified atom stereocenters. The van der Waals surface area contributed by atoms with Crippen LogP contribution in [0.3, 0.4) is 0 Å². The van der Waals surface area contributed by atoms with Gasteiger partial charge in [0.2, 0.25) is 5.91 Å². The Bertz CT molecular complexity index is 935. The third kappa shape index (κ3) is 6.94. The third-order valence-electron chi connectivity index (χ3n) is 5.40. The smallest absolute Gasteiger partial charge is 0.251 e. The first-order chi connectivity index (χ1) is 15.0. The van der Waals surface area contributed by atoms with Crippen molar-refractivity contribution in [2.24, 2.45) is 4.99 Å². The van der Waals surface area contributed by atoms with Crippen molar-refractivity contribution in [1.82, 2.24) is 16.0 Å². The number of carbonyl (C=O) groups is 2. The summed E-state index contributed by atoms with van der Waals surface area (Å²) >= 11 is 0. The minimum Gasteiger partial charge on any atom is -0.352 e. The summed E-state index contributed by atoms with van der Waals surface area (Å²) in [6, 6.07) is 17.4. The van der Waals surface area contributed by atoms with E-state index < -0.39 is 0 Å². The van der Waals surface area contributed by atoms with Gasteiger partial charge in [0.1, 0.15) is 0 Å². The van der Waals surface area contributed by atoms with Crippen LogP contribution in [0.5, 0.6) is 0 Å². The van der Waals surface area contributed by atoms with Crippen molar-refractivity contribution in [1.29, 1.82) is 0 Å². The second-order valence-corrected chi connectivity index (χ2v) is 7.79. The van der Waals surface area contributed by atoms with Crippen molar-refractivity contribution in [2.45, 2.75) is 45.3 Å². The minimum atomic E-state index is -0.0656. The molecule has 2 atom stereocenters. The van der Waals surface area contributed by atoms with Crippen LogP contribution in [0.2, 0.25) is 0 Å². The van der Waals surface area contributed by atoms with Gasteiger partial charge in [-0.25, -0.2) is 0 Å². The van der Waals surface area contributed by atoms with Gasteiger partial charge in [-0.05, 0) is 43.2 Å². The summed E-state index contributed by atoms with van der Waals surface area (Å²) < 4.78 is 0. The van der Waals surface area contributed by atoms with Gasteiger partial charge in [-0.15, -0.1) is 24.0 Å². The molecule has 2 aromatic carbocycles. The van der Waals surface area contributed by atoms with Crippen molar-refractivity contribution in [3.05, 3.63) is 65.7 Å². The van der Waals surface area contributed by atoms with Crippen molar-refractivity contribution in [3.8, 4) is 0 Å². The zero-order valence-corrected chi connectivity index (χ0v) is 21.1. The summed E-state index contributed by atoms with van der Waals surface area (Å²) in [4.78, 5) is 30.9. The number of hydrogen-bond acceptors (Lipinski definition) is 3. The Morgan fingerprint density at radius 3 is 2.62 bits per heavy atom. The first-order valence-electron chi connectivity index (χ1n) is 10.7. The molecule has 1 saturated heterocycles. The Morgan fingerprint density at radius 2 is 1.94 bits per heavy atom. The van der Waals surface area contributed by atoms with Crippen LogP contribution in [0.25, 0.3) is 0 Å². The molecule has 1 fully saturated rings. The molecular weight excluding hydrogens is 517 g/mol. The van der Waals surface area contributed by atoms with Crippen molar-refractivity contribution in [3.63, 3.8) is 0 Å². The lowest BCUT2D eigenvalue weighted by Crippen LogP contribution is -2.44. The zero-order chi connectivity index (χ0) is 22.2. The van der Waals surface area contributed by atoms with Crippen LogP contribution in [0, 0.1) is 0 Å². The van der Waals surface area contributed by atoms with Gasteiger partial charge in [0.05, 0.1) is 6.04 Å². The number of hydrogen-bond donors (Lipinski definition) is 3. The first-order valence-corrected chi connectivity index (χ1v) is 10.7. The van der Waals surface area contributed by atoms with E-state index in [1.165, 1.54) is 0 Å². The van der Waals surface area contributed by atoms with E-state index in [-0.39, 0.29) is 47.9 Å². The number of carbonyl (C=O) groups excluding carboxylic acids is 2. The highest BCUT2D eigenvalue weighted by Crippen LogP contribution is 2.21. The van der Waals surface area contributed by atoms with Gasteiger partial charge in [-0.3, -0.25) is 14.6 Å². The average Bonchev–Trinajstić information content (AvgIpc) is 3.17. The lowest BCUT2D eigenvalue weighted by Gasteiger charge is -2.19. The Morgan fingerprint density at radius 1 is 1.19 bits per heavy atom. The Kier molecular flexibility index (Phi) is 9.96. The summed E-state index contributed by atoms with van der Waals surface area (Å²) in [7, 11) is 1.71. The quantitative estimate of drug-likeness (QED) is 0.281. The number of rotatable bonds is 7. The highest BCUT2D eigenvalue weighted by molar-refractivity contribution is 14.0. The fourth-order valence-corrected chi connectivity index (χ4v) is 3.47. The van der Waals surface area contributed by atoms with Crippen LogP contribution < -0.4 is 20.9 Å². The predicted octanol–water partition coefficient (Wildman–Crippen LogP) is 3.30. The van der Waals surface area contributed by atoms with Crippen LogP contribution in [0.15, 0.2) is 59.6 Å². The van der Waals surface area contributed by atoms with Crippen LogP contribution >= 0.6 is 24.0 Å². The molecule has 0 aliphatic carbocycles. The van der Waals surface area contributed by atoms with E-state index in [1.54, 1.807) is 11.9 Å². The molecule has 0 spiro atoms. The van der Waals surface area contributed by atoms with Gasteiger partial charge in [-0.1, -0.05) is 37.3 Å². The maximum Gasteiger partial charge on any atom is 0.251 e. The van der Waals surface area contributed by atoms with Crippen molar-refractivity contribution in [2.75, 3.05) is 18.5 Å². The number of halogens is 1. The number of anilines is 1. The van der Waals surface area contributed by atoms with Crippen molar-refractivity contribution >= 4 is 47.4 Å². The third-order valence-corrected chi connectivity index (χ3v) is 5.40. The molecule has 7 nitrogen and oxygen atoms in total. The molecule has 1 heterocycles. The standard InChI is InChI=1S/C24H31N5O2.HI/c1-4-17(2)27-23(31)19-10-8-9-18(13-19)15-26-24(25-3)28-20-14-22(30)29(16-20)21-11-6-5-7-12-21;/h5-13,17,20H,4,14-16H2,1-3H3,(H,27,31)(H2,25,26,28);1H. The predicted molar refractivity (Wildman–Crippen MR) is 140 cm³/mol. The SMILES string of the molecule is CCC(C)NC(=O)c1cccc(CNC(=NC)NC2CC(=O)N(c3ccccc3)C2)c1.I. The van der Waals surface area contributed by atoms with Gasteiger partial charge < -0.3 is 20.9 Å². The van der Waals surface area contributed by atoms with Crippen molar-refractivity contribution < 1.29 is 9.59 Å². The Balaban J connectivity index is 0.00000363. The monoisotopic (exact) mass is 549 g/mol. The molecule has 2 aromatic rings. The van der Waals surface area contributed by atoms with Crippen LogP contribution in [0.1, 0.15) is 42.6 Å². The second kappa shape index (κ2) is 12.4. The number of para-hydroxylation sites is 1. The van der Waals surface area contributed by atoms with E-state index in [0.717, 1.165) is 17.7 Å². The number of aliphatic imine (C=N–C) groups is 1. The summed E-state index contributed by atoms with van der Waals surface area (Å²) in [5.41, 5.74) is 2.53. The zero-order valence-electron chi connectivity index (χ0n) is 18.8. The second-order valence-electron chi connectivity index (χ2n) is 7.79. The molecule has 0 radical (unpaired) electrons. The fraction of sp³-hybridized carbons (Fsp3) is 0.375. The molecule has 172 valence electrons. The molecule has 0 aromatic heterocycles. The number of guanidine groups is 1. The molecule has 3 rings (SSSR count). The Labute approximate surface area is 207 Å². The number of nitrogens with one attached hydrogen (secondary N) is 3. The topological polar surface area (TPSA) is 85.8 Å². The summed E-state index contributed by atoms with van der Waals surface area (Å²) in [5, 5.41) is 9.60. The van der Waals surface area contributed by atoms with Crippen LogP contribution in [0.4, 0.5) is 5.69 Å². The van der Waals surface area contributed by atoms with Gasteiger partial charge in [0.15, 0.2) is 5.96 Å². The van der Waals surface area contributed by atoms with Crippen LogP contribution in [-0.4, -0.2) is 43.5 Å². The lowest BCUT2D eigenvalue weighted by molar-refractivity contribution is -0.117. The largest absolute Gasteiger partial charge is 0.352 e. The summed E-state index contributed by atoms with van der Waals surface area (Å²) in [6.07, 6.45) is 1.31. The molecule has 0 saturated carbocycles. The summed E-state index contributed by atoms with van der Waals surface area (Å²) in [5.74, 6) is 0.658. The number of benzene rings is 2. The molecule has 1 aliphatic rings. The normalized spacial score (nSPS) is 16.8. The molecule has 0 bridgehead atoms. The van der Waals surface area contributed by atoms with Gasteiger partial charge in [-0.2, -0.15) is 0 Å². The maximum atomic E-state index is 12.4. The molecular formula is C24H32IN5O2. The van der Waals surface area contributed by atoms with E-state index in [2.05, 4.69) is 20.9 Å². The molecule has 2 amide bonds. The maximum absolute atomic E-state index is 12.4. The molecule has 3 N–H and O–H groups in total. The van der Waals surface area contributed by atoms with E-state index in [9.17, 15) is 9.59 Å².